The Bertz CT molecular complexity index is 581. The second-order valence-electron chi connectivity index (χ2n) is 6.58. The first kappa shape index (κ1) is 15.6. The predicted molar refractivity (Wildman–Crippen MR) is 77.7 cm³/mol. The van der Waals surface area contributed by atoms with Gasteiger partial charge in [0.1, 0.15) is 12.6 Å². The van der Waals surface area contributed by atoms with Gasteiger partial charge in [0.05, 0.1) is 6.10 Å². The van der Waals surface area contributed by atoms with Crippen LogP contribution in [0.1, 0.15) is 47.3 Å². The maximum atomic E-state index is 12.1. The minimum Gasteiger partial charge on any atom is -0.355 e. The molecular formula is C14H22N4O3. The Morgan fingerprint density at radius 2 is 2.10 bits per heavy atom. The summed E-state index contributed by atoms with van der Waals surface area (Å²) in [6, 6.07) is 0. The average Bonchev–Trinajstić information content (AvgIpc) is 2.68. The molecule has 1 unspecified atom stereocenters. The first-order valence-electron chi connectivity index (χ1n) is 7.10. The Morgan fingerprint density at radius 3 is 2.57 bits per heavy atom. The van der Waals surface area contributed by atoms with Gasteiger partial charge in [-0.1, -0.05) is 27.7 Å². The summed E-state index contributed by atoms with van der Waals surface area (Å²) in [6.07, 6.45) is 1.89. The zero-order chi connectivity index (χ0) is 15.8. The molecule has 1 aliphatic heterocycles. The van der Waals surface area contributed by atoms with E-state index in [-0.39, 0.29) is 24.2 Å². The Kier molecular flexibility index (Phi) is 4.13. The molecule has 0 bridgehead atoms. The molecule has 2 rings (SSSR count). The molecule has 1 saturated heterocycles. The van der Waals surface area contributed by atoms with Crippen LogP contribution in [-0.2, 0) is 9.53 Å². The number of carbonyl (C=O) groups is 1. The van der Waals surface area contributed by atoms with Crippen molar-refractivity contribution in [3.63, 3.8) is 0 Å². The molecule has 2 heterocycles. The zero-order valence-electron chi connectivity index (χ0n) is 13.1. The van der Waals surface area contributed by atoms with Crippen LogP contribution in [0.25, 0.3) is 0 Å². The second kappa shape index (κ2) is 5.55. The fourth-order valence-electron chi connectivity index (χ4n) is 2.02. The van der Waals surface area contributed by atoms with Crippen LogP contribution < -0.4 is 11.0 Å². The summed E-state index contributed by atoms with van der Waals surface area (Å²) in [5, 5.41) is 2.54. The molecule has 0 aromatic carbocycles. The monoisotopic (exact) mass is 294 g/mol. The van der Waals surface area contributed by atoms with Crippen molar-refractivity contribution < 1.29 is 9.53 Å². The molecule has 7 nitrogen and oxygen atoms in total. The van der Waals surface area contributed by atoms with Gasteiger partial charge in [-0.3, -0.25) is 14.7 Å². The number of ether oxygens (including phenoxy) is 1. The van der Waals surface area contributed by atoms with E-state index >= 15 is 0 Å². The normalized spacial score (nSPS) is 25.9. The van der Waals surface area contributed by atoms with Crippen LogP contribution in [0, 0.1) is 11.3 Å². The van der Waals surface area contributed by atoms with Crippen molar-refractivity contribution in [1.29, 1.82) is 0 Å². The Balaban J connectivity index is 2.15. The molecule has 0 radical (unpaired) electrons. The number of carbonyl (C=O) groups excluding carboxylic acids is 1. The van der Waals surface area contributed by atoms with E-state index in [1.54, 1.807) is 20.8 Å². The highest BCUT2D eigenvalue weighted by atomic mass is 16.5. The summed E-state index contributed by atoms with van der Waals surface area (Å²) >= 11 is 0. The molecule has 1 aliphatic rings. The van der Waals surface area contributed by atoms with Gasteiger partial charge in [-0.05, 0) is 19.3 Å². The van der Waals surface area contributed by atoms with E-state index in [2.05, 4.69) is 22.2 Å². The van der Waals surface area contributed by atoms with Crippen LogP contribution >= 0.6 is 0 Å². The third-order valence-corrected chi connectivity index (χ3v) is 3.69. The molecule has 0 spiro atoms. The lowest BCUT2D eigenvalue weighted by molar-refractivity contribution is -0.123. The zero-order valence-corrected chi connectivity index (χ0v) is 13.1. The molecule has 1 N–H and O–H groups in total. The van der Waals surface area contributed by atoms with Gasteiger partial charge < -0.3 is 4.74 Å². The summed E-state index contributed by atoms with van der Waals surface area (Å²) in [7, 11) is 0. The number of rotatable bonds is 2. The first-order chi connectivity index (χ1) is 9.68. The highest BCUT2D eigenvalue weighted by Gasteiger charge is 2.31. The second-order valence-corrected chi connectivity index (χ2v) is 6.58. The van der Waals surface area contributed by atoms with Crippen molar-refractivity contribution in [3.05, 3.63) is 16.8 Å². The molecule has 0 saturated carbocycles. The fourth-order valence-corrected chi connectivity index (χ4v) is 2.02. The largest absolute Gasteiger partial charge is 0.355 e. The molecule has 3 atom stereocenters. The first-order valence-corrected chi connectivity index (χ1v) is 7.10. The maximum Gasteiger partial charge on any atom is 0.354 e. The SMILES string of the molecule is CC1O[C@@H](n2cnc(NC(=O)C(C)(C)C)nc2=O)C[C@@H]1C. The van der Waals surface area contributed by atoms with Crippen molar-refractivity contribution in [2.24, 2.45) is 11.3 Å². The standard InChI is InChI=1S/C14H22N4O3/c1-8-6-10(21-9(8)2)18-7-15-12(17-13(18)20)16-11(19)14(3,4)5/h7-10H,6H2,1-5H3,(H,16,17,19,20)/t8-,9?,10+/m0/s1. The smallest absolute Gasteiger partial charge is 0.354 e. The van der Waals surface area contributed by atoms with Crippen molar-refractivity contribution >= 4 is 11.9 Å². The molecule has 1 aromatic rings. The topological polar surface area (TPSA) is 86.1 Å². The van der Waals surface area contributed by atoms with Gasteiger partial charge in [-0.2, -0.15) is 4.98 Å². The van der Waals surface area contributed by atoms with Crippen LogP contribution in [0.2, 0.25) is 0 Å². The van der Waals surface area contributed by atoms with E-state index in [1.165, 1.54) is 10.9 Å². The molecule has 1 aromatic heterocycles. The van der Waals surface area contributed by atoms with Crippen LogP contribution in [0.15, 0.2) is 11.1 Å². The van der Waals surface area contributed by atoms with Gasteiger partial charge >= 0.3 is 5.69 Å². The van der Waals surface area contributed by atoms with Crippen LogP contribution in [0.3, 0.4) is 0 Å². The Labute approximate surface area is 123 Å². The molecule has 1 amide bonds. The molecule has 21 heavy (non-hydrogen) atoms. The predicted octanol–water partition coefficient (Wildman–Crippen LogP) is 1.57. The number of anilines is 1. The van der Waals surface area contributed by atoms with E-state index in [0.29, 0.717) is 5.92 Å². The number of hydrogen-bond acceptors (Lipinski definition) is 5. The van der Waals surface area contributed by atoms with E-state index < -0.39 is 11.1 Å². The number of nitrogens with one attached hydrogen (secondary N) is 1. The average molecular weight is 294 g/mol. The summed E-state index contributed by atoms with van der Waals surface area (Å²) in [5.74, 6) is 0.163. The van der Waals surface area contributed by atoms with Gasteiger partial charge in [0.15, 0.2) is 0 Å². The highest BCUT2D eigenvalue weighted by molar-refractivity contribution is 5.92. The summed E-state index contributed by atoms with van der Waals surface area (Å²) in [5.41, 5.74) is -1.04. The van der Waals surface area contributed by atoms with E-state index in [0.717, 1.165) is 6.42 Å². The van der Waals surface area contributed by atoms with Crippen LogP contribution in [-0.4, -0.2) is 26.5 Å². The summed E-state index contributed by atoms with van der Waals surface area (Å²) in [6.45, 7) is 9.39. The van der Waals surface area contributed by atoms with Gasteiger partial charge in [0.2, 0.25) is 11.9 Å². The van der Waals surface area contributed by atoms with Crippen molar-refractivity contribution in [3.8, 4) is 0 Å². The van der Waals surface area contributed by atoms with Crippen molar-refractivity contribution in [2.45, 2.75) is 53.4 Å². The van der Waals surface area contributed by atoms with Crippen molar-refractivity contribution in [1.82, 2.24) is 14.5 Å². The lowest BCUT2D eigenvalue weighted by Crippen LogP contribution is -2.32. The number of nitrogens with zero attached hydrogens (tertiary/aromatic N) is 3. The molecule has 7 heteroatoms. The Morgan fingerprint density at radius 1 is 1.43 bits per heavy atom. The highest BCUT2D eigenvalue weighted by Crippen LogP contribution is 2.31. The molecule has 116 valence electrons. The minimum absolute atomic E-state index is 0.0234. The van der Waals surface area contributed by atoms with Crippen LogP contribution in [0.4, 0.5) is 5.95 Å². The summed E-state index contributed by atoms with van der Waals surface area (Å²) in [4.78, 5) is 31.7. The quantitative estimate of drug-likeness (QED) is 0.894. The number of amides is 1. The van der Waals surface area contributed by atoms with Gasteiger partial charge in [-0.15, -0.1) is 0 Å². The van der Waals surface area contributed by atoms with E-state index in [4.69, 9.17) is 4.74 Å². The summed E-state index contributed by atoms with van der Waals surface area (Å²) < 4.78 is 7.08. The third-order valence-electron chi connectivity index (χ3n) is 3.69. The number of hydrogen-bond donors (Lipinski definition) is 1. The Hall–Kier alpha value is -1.76. The third kappa shape index (κ3) is 3.47. The van der Waals surface area contributed by atoms with Gasteiger partial charge in [-0.25, -0.2) is 9.78 Å². The maximum absolute atomic E-state index is 12.1. The lowest BCUT2D eigenvalue weighted by atomic mass is 9.96. The van der Waals surface area contributed by atoms with E-state index in [1.807, 2.05) is 6.92 Å². The van der Waals surface area contributed by atoms with Gasteiger partial charge in [0, 0.05) is 5.41 Å². The van der Waals surface area contributed by atoms with Gasteiger partial charge in [0.25, 0.3) is 0 Å². The number of aromatic nitrogens is 3. The molecule has 1 fully saturated rings. The molecule has 0 aliphatic carbocycles. The van der Waals surface area contributed by atoms with Crippen LogP contribution in [0.5, 0.6) is 0 Å². The minimum atomic E-state index is -0.572. The van der Waals surface area contributed by atoms with Crippen molar-refractivity contribution in [2.75, 3.05) is 5.32 Å². The fraction of sp³-hybridized carbons (Fsp3) is 0.714. The molecular weight excluding hydrogens is 272 g/mol. The van der Waals surface area contributed by atoms with E-state index in [9.17, 15) is 9.59 Å². The lowest BCUT2D eigenvalue weighted by Gasteiger charge is -2.17.